The lowest BCUT2D eigenvalue weighted by molar-refractivity contribution is -0.142. The molecule has 86 valence electrons. The molecule has 15 heavy (non-hydrogen) atoms. The molecule has 0 aliphatic heterocycles. The summed E-state index contributed by atoms with van der Waals surface area (Å²) in [6, 6.07) is -0.439. The van der Waals surface area contributed by atoms with E-state index in [1.807, 2.05) is 0 Å². The second-order valence-electron chi connectivity index (χ2n) is 2.87. The van der Waals surface area contributed by atoms with E-state index in [9.17, 15) is 9.59 Å². The highest BCUT2D eigenvalue weighted by atomic mass is 16.5. The van der Waals surface area contributed by atoms with Crippen LogP contribution in [0.15, 0.2) is 12.7 Å². The number of carbonyl (C=O) groups excluding carboxylic acids is 1. The molecule has 0 fully saturated rings. The van der Waals surface area contributed by atoms with Crippen LogP contribution in [0.1, 0.15) is 6.92 Å². The highest BCUT2D eigenvalue weighted by molar-refractivity contribution is 5.74. The number of carboxylic acids is 1. The smallest absolute Gasteiger partial charge is 0.329 e. The quantitative estimate of drug-likeness (QED) is 0.411. The Bertz CT molecular complexity index is 230. The molecule has 3 N–H and O–H groups in total. The summed E-state index contributed by atoms with van der Waals surface area (Å²) in [7, 11) is 0. The van der Waals surface area contributed by atoms with Crippen molar-refractivity contribution in [2.24, 2.45) is 0 Å². The molecule has 0 saturated heterocycles. The van der Waals surface area contributed by atoms with Gasteiger partial charge in [0.15, 0.2) is 0 Å². The maximum Gasteiger partial charge on any atom is 0.329 e. The molecule has 6 nitrogen and oxygen atoms in total. The average molecular weight is 216 g/mol. The van der Waals surface area contributed by atoms with Crippen LogP contribution in [0.2, 0.25) is 0 Å². The van der Waals surface area contributed by atoms with Crippen molar-refractivity contribution in [2.45, 2.75) is 13.0 Å². The summed E-state index contributed by atoms with van der Waals surface area (Å²) in [5.74, 6) is -1.03. The van der Waals surface area contributed by atoms with Gasteiger partial charge in [0.1, 0.15) is 6.61 Å². The molecule has 0 aromatic carbocycles. The zero-order valence-electron chi connectivity index (χ0n) is 8.66. The summed E-state index contributed by atoms with van der Waals surface area (Å²) >= 11 is 0. The maximum absolute atomic E-state index is 11.1. The number of rotatable bonds is 7. The lowest BCUT2D eigenvalue weighted by atomic mass is 10.3. The van der Waals surface area contributed by atoms with Gasteiger partial charge in [0, 0.05) is 12.6 Å². The normalized spacial score (nSPS) is 11.5. The van der Waals surface area contributed by atoms with Gasteiger partial charge in [-0.1, -0.05) is 6.08 Å². The second-order valence-corrected chi connectivity index (χ2v) is 2.87. The van der Waals surface area contributed by atoms with Gasteiger partial charge >= 0.3 is 12.0 Å². The van der Waals surface area contributed by atoms with E-state index in [1.54, 1.807) is 13.0 Å². The maximum atomic E-state index is 11.1. The average Bonchev–Trinajstić information content (AvgIpc) is 2.16. The Hall–Kier alpha value is -1.56. The fourth-order valence-corrected chi connectivity index (χ4v) is 0.713. The largest absolute Gasteiger partial charge is 0.480 e. The summed E-state index contributed by atoms with van der Waals surface area (Å²) in [4.78, 5) is 21.1. The summed E-state index contributed by atoms with van der Waals surface area (Å²) in [5.41, 5.74) is 0. The molecule has 0 spiro atoms. The van der Waals surface area contributed by atoms with Crippen LogP contribution in [0.25, 0.3) is 0 Å². The van der Waals surface area contributed by atoms with Crippen molar-refractivity contribution >= 4 is 12.0 Å². The Labute approximate surface area is 88.3 Å². The van der Waals surface area contributed by atoms with E-state index in [0.29, 0.717) is 0 Å². The van der Waals surface area contributed by atoms with Crippen LogP contribution in [0, 0.1) is 0 Å². The fourth-order valence-electron chi connectivity index (χ4n) is 0.713. The SMILES string of the molecule is C=CC(C)NC(=O)NCCOCC(=O)O. The third-order valence-corrected chi connectivity index (χ3v) is 1.47. The van der Waals surface area contributed by atoms with Gasteiger partial charge < -0.3 is 20.5 Å². The Morgan fingerprint density at radius 2 is 2.27 bits per heavy atom. The van der Waals surface area contributed by atoms with Crippen LogP contribution in [0.5, 0.6) is 0 Å². The fraction of sp³-hybridized carbons (Fsp3) is 0.556. The van der Waals surface area contributed by atoms with E-state index < -0.39 is 5.97 Å². The molecule has 0 saturated carbocycles. The van der Waals surface area contributed by atoms with Gasteiger partial charge in [0.25, 0.3) is 0 Å². The first-order valence-corrected chi connectivity index (χ1v) is 4.52. The summed E-state index contributed by atoms with van der Waals surface area (Å²) in [6.45, 7) is 5.38. The van der Waals surface area contributed by atoms with Crippen molar-refractivity contribution in [3.63, 3.8) is 0 Å². The van der Waals surface area contributed by atoms with Crippen molar-refractivity contribution in [2.75, 3.05) is 19.8 Å². The minimum Gasteiger partial charge on any atom is -0.480 e. The molecule has 0 rings (SSSR count). The number of carbonyl (C=O) groups is 2. The van der Waals surface area contributed by atoms with Gasteiger partial charge in [-0.3, -0.25) is 0 Å². The van der Waals surface area contributed by atoms with Gasteiger partial charge in [-0.25, -0.2) is 9.59 Å². The second kappa shape index (κ2) is 7.81. The van der Waals surface area contributed by atoms with Gasteiger partial charge in [-0.2, -0.15) is 0 Å². The predicted molar refractivity (Wildman–Crippen MR) is 54.6 cm³/mol. The molecule has 0 heterocycles. The van der Waals surface area contributed by atoms with E-state index in [-0.39, 0.29) is 31.8 Å². The molecular weight excluding hydrogens is 200 g/mol. The van der Waals surface area contributed by atoms with Crippen molar-refractivity contribution in [1.29, 1.82) is 0 Å². The number of ether oxygens (including phenoxy) is 1. The number of hydrogen-bond donors (Lipinski definition) is 3. The number of nitrogens with one attached hydrogen (secondary N) is 2. The third-order valence-electron chi connectivity index (χ3n) is 1.47. The molecule has 0 bridgehead atoms. The number of aliphatic carboxylic acids is 1. The van der Waals surface area contributed by atoms with E-state index in [0.717, 1.165) is 0 Å². The van der Waals surface area contributed by atoms with Crippen LogP contribution in [-0.4, -0.2) is 42.9 Å². The molecule has 0 aliphatic carbocycles. The standard InChI is InChI=1S/C9H16N2O4/c1-3-7(2)11-9(14)10-4-5-15-6-8(12)13/h3,7H,1,4-6H2,2H3,(H,12,13)(H2,10,11,14). The first-order chi connectivity index (χ1) is 7.06. The monoisotopic (exact) mass is 216 g/mol. The van der Waals surface area contributed by atoms with Crippen molar-refractivity contribution in [1.82, 2.24) is 10.6 Å². The van der Waals surface area contributed by atoms with Crippen molar-refractivity contribution in [3.8, 4) is 0 Å². The van der Waals surface area contributed by atoms with Crippen LogP contribution in [-0.2, 0) is 9.53 Å². The number of urea groups is 1. The zero-order chi connectivity index (χ0) is 11.7. The van der Waals surface area contributed by atoms with Gasteiger partial charge in [0.05, 0.1) is 6.61 Å². The lowest BCUT2D eigenvalue weighted by Gasteiger charge is -2.10. The summed E-state index contributed by atoms with van der Waals surface area (Å²) in [5, 5.41) is 13.3. The van der Waals surface area contributed by atoms with E-state index in [2.05, 4.69) is 17.2 Å². The number of hydrogen-bond acceptors (Lipinski definition) is 3. The first-order valence-electron chi connectivity index (χ1n) is 4.52. The predicted octanol–water partition coefficient (Wildman–Crippen LogP) is -0.0387. The molecule has 1 unspecified atom stereocenters. The van der Waals surface area contributed by atoms with Gasteiger partial charge in [0.2, 0.25) is 0 Å². The molecular formula is C9H16N2O4. The number of carboxylic acid groups (broad SMARTS) is 1. The summed E-state index contributed by atoms with van der Waals surface area (Å²) < 4.78 is 4.71. The molecule has 1 atom stereocenters. The number of amides is 2. The molecule has 0 aromatic rings. The lowest BCUT2D eigenvalue weighted by Crippen LogP contribution is -2.41. The third kappa shape index (κ3) is 8.76. The van der Waals surface area contributed by atoms with E-state index in [1.165, 1.54) is 0 Å². The Morgan fingerprint density at radius 1 is 1.60 bits per heavy atom. The molecule has 0 aromatic heterocycles. The van der Waals surface area contributed by atoms with Crippen molar-refractivity contribution < 1.29 is 19.4 Å². The minimum absolute atomic E-state index is 0.107. The topological polar surface area (TPSA) is 87.7 Å². The van der Waals surface area contributed by atoms with Crippen LogP contribution in [0.4, 0.5) is 4.79 Å². The van der Waals surface area contributed by atoms with Gasteiger partial charge in [-0.15, -0.1) is 6.58 Å². The first kappa shape index (κ1) is 13.4. The van der Waals surface area contributed by atoms with Crippen LogP contribution < -0.4 is 10.6 Å². The van der Waals surface area contributed by atoms with Crippen LogP contribution in [0.3, 0.4) is 0 Å². The molecule has 2 amide bonds. The Kier molecular flexibility index (Phi) is 7.00. The molecule has 0 aliphatic rings. The Balaban J connectivity index is 3.39. The van der Waals surface area contributed by atoms with Crippen LogP contribution >= 0.6 is 0 Å². The minimum atomic E-state index is -1.03. The van der Waals surface area contributed by atoms with E-state index in [4.69, 9.17) is 9.84 Å². The van der Waals surface area contributed by atoms with Gasteiger partial charge in [-0.05, 0) is 6.92 Å². The summed E-state index contributed by atoms with van der Waals surface area (Å²) in [6.07, 6.45) is 1.60. The zero-order valence-corrected chi connectivity index (χ0v) is 8.66. The molecule has 6 heteroatoms. The van der Waals surface area contributed by atoms with E-state index >= 15 is 0 Å². The Morgan fingerprint density at radius 3 is 2.80 bits per heavy atom. The molecule has 0 radical (unpaired) electrons. The highest BCUT2D eigenvalue weighted by Crippen LogP contribution is 1.80. The van der Waals surface area contributed by atoms with Crippen molar-refractivity contribution in [3.05, 3.63) is 12.7 Å². The highest BCUT2D eigenvalue weighted by Gasteiger charge is 2.02.